The predicted octanol–water partition coefficient (Wildman–Crippen LogP) is 4.54. The molecule has 3 aromatic rings. The Balaban J connectivity index is 1.84. The van der Waals surface area contributed by atoms with Crippen molar-refractivity contribution >= 4 is 33.0 Å². The minimum Gasteiger partial charge on any atom is -0.303 e. The molecule has 0 bridgehead atoms. The lowest BCUT2D eigenvalue weighted by molar-refractivity contribution is 0.852. The highest BCUT2D eigenvalue weighted by Gasteiger charge is 2.08. The maximum atomic E-state index is 5.89. The van der Waals surface area contributed by atoms with Gasteiger partial charge in [-0.1, -0.05) is 29.8 Å². The molecule has 0 N–H and O–H groups in total. The third kappa shape index (κ3) is 2.67. The van der Waals surface area contributed by atoms with Crippen LogP contribution >= 0.6 is 27.5 Å². The number of hydrogen-bond donors (Lipinski definition) is 0. The van der Waals surface area contributed by atoms with Gasteiger partial charge in [0.1, 0.15) is 10.4 Å². The van der Waals surface area contributed by atoms with Gasteiger partial charge in [0.05, 0.1) is 5.52 Å². The van der Waals surface area contributed by atoms with Crippen molar-refractivity contribution in [2.45, 2.75) is 12.8 Å². The van der Waals surface area contributed by atoms with Gasteiger partial charge >= 0.3 is 0 Å². The fourth-order valence-corrected chi connectivity index (χ4v) is 2.80. The number of halogens is 2. The molecule has 0 aliphatic carbocycles. The zero-order valence-corrected chi connectivity index (χ0v) is 12.5. The quantitative estimate of drug-likeness (QED) is 0.687. The van der Waals surface area contributed by atoms with Gasteiger partial charge in [0.15, 0.2) is 0 Å². The van der Waals surface area contributed by atoms with Crippen molar-refractivity contribution in [2.24, 2.45) is 0 Å². The van der Waals surface area contributed by atoms with E-state index in [2.05, 4.69) is 43.5 Å². The van der Waals surface area contributed by atoms with E-state index in [1.54, 1.807) is 0 Å². The summed E-state index contributed by atoms with van der Waals surface area (Å²) in [6.45, 7) is 0. The number of hydrogen-bond acceptors (Lipinski definition) is 1. The van der Waals surface area contributed by atoms with Crippen LogP contribution in [0.15, 0.2) is 53.3 Å². The molecule has 2 aromatic heterocycles. The fraction of sp³-hybridized carbons (Fsp3) is 0.133. The molecule has 0 aliphatic rings. The van der Waals surface area contributed by atoms with Crippen molar-refractivity contribution in [2.75, 3.05) is 0 Å². The molecule has 96 valence electrons. The van der Waals surface area contributed by atoms with Crippen LogP contribution in [-0.2, 0) is 12.8 Å². The van der Waals surface area contributed by atoms with E-state index in [-0.39, 0.29) is 0 Å². The van der Waals surface area contributed by atoms with Crippen LogP contribution in [0.2, 0.25) is 5.02 Å². The third-order valence-electron chi connectivity index (χ3n) is 3.13. The number of aromatic nitrogens is 2. The molecular weight excluding hydrogens is 324 g/mol. The maximum absolute atomic E-state index is 5.89. The topological polar surface area (TPSA) is 17.3 Å². The Hall–Kier alpha value is -1.32. The van der Waals surface area contributed by atoms with Crippen LogP contribution in [0, 0.1) is 0 Å². The van der Waals surface area contributed by atoms with Crippen molar-refractivity contribution in [1.29, 1.82) is 0 Å². The van der Waals surface area contributed by atoms with Crippen molar-refractivity contribution in [3.63, 3.8) is 0 Å². The number of rotatable bonds is 3. The summed E-state index contributed by atoms with van der Waals surface area (Å²) in [6, 6.07) is 14.1. The normalized spacial score (nSPS) is 11.1. The molecule has 1 aromatic carbocycles. The van der Waals surface area contributed by atoms with Gasteiger partial charge in [-0.2, -0.15) is 0 Å². The highest BCUT2D eigenvalue weighted by Crippen LogP contribution is 2.20. The molecule has 0 atom stereocenters. The van der Waals surface area contributed by atoms with Gasteiger partial charge in [0.2, 0.25) is 0 Å². The molecule has 0 radical (unpaired) electrons. The van der Waals surface area contributed by atoms with Crippen LogP contribution in [0.5, 0.6) is 0 Å². The Morgan fingerprint density at radius 1 is 1.05 bits per heavy atom. The van der Waals surface area contributed by atoms with Crippen LogP contribution in [0.1, 0.15) is 11.4 Å². The lowest BCUT2D eigenvalue weighted by Crippen LogP contribution is -1.97. The number of aryl methyl sites for hydroxylation is 2. The van der Waals surface area contributed by atoms with E-state index >= 15 is 0 Å². The summed E-state index contributed by atoms with van der Waals surface area (Å²) in [5, 5.41) is 0.776. The van der Waals surface area contributed by atoms with E-state index < -0.39 is 0 Å². The second-order valence-corrected chi connectivity index (χ2v) is 5.59. The van der Waals surface area contributed by atoms with Gasteiger partial charge in [-0.3, -0.25) is 0 Å². The standard InChI is InChI=1S/C15H12BrClN2/c16-15-13-3-1-2-10-19(13)14(18-15)9-6-11-4-7-12(17)8-5-11/h1-5,7-8,10H,6,9H2. The molecule has 0 saturated heterocycles. The lowest BCUT2D eigenvalue weighted by Gasteiger charge is -2.02. The molecule has 4 heteroatoms. The summed E-state index contributed by atoms with van der Waals surface area (Å²) in [4.78, 5) is 4.58. The second kappa shape index (κ2) is 5.35. The van der Waals surface area contributed by atoms with Crippen LogP contribution < -0.4 is 0 Å². The van der Waals surface area contributed by atoms with Crippen LogP contribution in [-0.4, -0.2) is 9.38 Å². The molecular formula is C15H12BrClN2. The average Bonchev–Trinajstić information content (AvgIpc) is 2.76. The Labute approximate surface area is 125 Å². The molecule has 0 fully saturated rings. The number of imidazole rings is 1. The molecule has 0 aliphatic heterocycles. The highest BCUT2D eigenvalue weighted by molar-refractivity contribution is 9.10. The zero-order valence-electron chi connectivity index (χ0n) is 10.2. The first-order chi connectivity index (χ1) is 9.24. The molecule has 0 amide bonds. The van der Waals surface area contributed by atoms with Crippen molar-refractivity contribution in [3.05, 3.63) is 69.7 Å². The number of fused-ring (bicyclic) bond motifs is 1. The van der Waals surface area contributed by atoms with Gasteiger partial charge < -0.3 is 4.40 Å². The Bertz CT molecular complexity index is 704. The van der Waals surface area contributed by atoms with E-state index in [0.717, 1.165) is 33.8 Å². The van der Waals surface area contributed by atoms with E-state index in [0.29, 0.717) is 0 Å². The summed E-state index contributed by atoms with van der Waals surface area (Å²) in [5.41, 5.74) is 2.38. The molecule has 19 heavy (non-hydrogen) atoms. The molecule has 0 saturated carbocycles. The highest BCUT2D eigenvalue weighted by atomic mass is 79.9. The number of benzene rings is 1. The fourth-order valence-electron chi connectivity index (χ4n) is 2.14. The summed E-state index contributed by atoms with van der Waals surface area (Å²) >= 11 is 9.39. The number of nitrogens with zero attached hydrogens (tertiary/aromatic N) is 2. The van der Waals surface area contributed by atoms with E-state index in [1.165, 1.54) is 5.56 Å². The third-order valence-corrected chi connectivity index (χ3v) is 3.96. The largest absolute Gasteiger partial charge is 0.303 e. The Kier molecular flexibility index (Phi) is 3.58. The second-order valence-electron chi connectivity index (χ2n) is 4.40. The first-order valence-electron chi connectivity index (χ1n) is 6.10. The smallest absolute Gasteiger partial charge is 0.132 e. The monoisotopic (exact) mass is 334 g/mol. The van der Waals surface area contributed by atoms with Gasteiger partial charge in [-0.25, -0.2) is 4.98 Å². The summed E-state index contributed by atoms with van der Waals surface area (Å²) in [5.74, 6) is 1.07. The molecule has 0 spiro atoms. The van der Waals surface area contributed by atoms with Crippen LogP contribution in [0.3, 0.4) is 0 Å². The molecule has 2 heterocycles. The van der Waals surface area contributed by atoms with Crippen molar-refractivity contribution < 1.29 is 0 Å². The van der Waals surface area contributed by atoms with Crippen molar-refractivity contribution in [3.8, 4) is 0 Å². The minimum absolute atomic E-state index is 0.776. The minimum atomic E-state index is 0.776. The van der Waals surface area contributed by atoms with Crippen LogP contribution in [0.4, 0.5) is 0 Å². The predicted molar refractivity (Wildman–Crippen MR) is 81.8 cm³/mol. The average molecular weight is 336 g/mol. The molecule has 2 nitrogen and oxygen atoms in total. The zero-order chi connectivity index (χ0) is 13.2. The number of pyridine rings is 1. The van der Waals surface area contributed by atoms with Crippen molar-refractivity contribution in [1.82, 2.24) is 9.38 Å². The maximum Gasteiger partial charge on any atom is 0.132 e. The molecule has 0 unspecified atom stereocenters. The molecule has 3 rings (SSSR count). The Morgan fingerprint density at radius 3 is 2.63 bits per heavy atom. The Morgan fingerprint density at radius 2 is 1.84 bits per heavy atom. The van der Waals surface area contributed by atoms with Gasteiger partial charge in [-0.15, -0.1) is 0 Å². The first kappa shape index (κ1) is 12.7. The lowest BCUT2D eigenvalue weighted by atomic mass is 10.1. The van der Waals surface area contributed by atoms with Crippen LogP contribution in [0.25, 0.3) is 5.52 Å². The van der Waals surface area contributed by atoms with E-state index in [9.17, 15) is 0 Å². The summed E-state index contributed by atoms with van der Waals surface area (Å²) in [7, 11) is 0. The summed E-state index contributed by atoms with van der Waals surface area (Å²) < 4.78 is 3.03. The van der Waals surface area contributed by atoms with Gasteiger partial charge in [-0.05, 0) is 52.2 Å². The first-order valence-corrected chi connectivity index (χ1v) is 7.27. The van der Waals surface area contributed by atoms with E-state index in [1.807, 2.05) is 30.5 Å². The van der Waals surface area contributed by atoms with Gasteiger partial charge in [0, 0.05) is 17.6 Å². The van der Waals surface area contributed by atoms with E-state index in [4.69, 9.17) is 11.6 Å². The SMILES string of the molecule is Clc1ccc(CCc2nc(Br)c3ccccn23)cc1. The summed E-state index contributed by atoms with van der Waals surface area (Å²) in [6.07, 6.45) is 3.90. The van der Waals surface area contributed by atoms with Gasteiger partial charge in [0.25, 0.3) is 0 Å².